The fraction of sp³-hybridized carbons (Fsp3) is 0.950. The number of hydrogen-bond acceptors (Lipinski definition) is 5. The SMILES string of the molecule is CCOC(=O)N1CCN(C[C@@H](O)CO[C@H]2C[C@H]3CC[C@@]2(C)C3(C)C)CC1. The first kappa shape index (κ1) is 19.9. The average Bonchev–Trinajstić information content (AvgIpc) is 2.94. The van der Waals surface area contributed by atoms with Crippen LogP contribution in [0, 0.1) is 16.7 Å². The summed E-state index contributed by atoms with van der Waals surface area (Å²) in [6, 6.07) is 0. The molecule has 3 fully saturated rings. The number of β-amino-alcohol motifs (C(OH)–C–C–N with tert-alkyl or cyclic N) is 1. The fourth-order valence-electron chi connectivity index (χ4n) is 5.29. The van der Waals surface area contributed by atoms with Gasteiger partial charge in [-0.1, -0.05) is 20.8 Å². The zero-order chi connectivity index (χ0) is 18.9. The van der Waals surface area contributed by atoms with Crippen molar-refractivity contribution >= 4 is 6.09 Å². The van der Waals surface area contributed by atoms with Crippen molar-refractivity contribution in [1.29, 1.82) is 0 Å². The van der Waals surface area contributed by atoms with Crippen molar-refractivity contribution in [2.24, 2.45) is 16.7 Å². The van der Waals surface area contributed by atoms with Crippen LogP contribution in [-0.4, -0.2) is 79.1 Å². The highest BCUT2D eigenvalue weighted by atomic mass is 16.6. The molecule has 0 unspecified atom stereocenters. The number of carbonyl (C=O) groups is 1. The lowest BCUT2D eigenvalue weighted by Gasteiger charge is -2.39. The maximum absolute atomic E-state index is 11.7. The second-order valence-corrected chi connectivity index (χ2v) is 9.07. The Morgan fingerprint density at radius 2 is 1.92 bits per heavy atom. The molecule has 150 valence electrons. The van der Waals surface area contributed by atoms with Crippen molar-refractivity contribution < 1.29 is 19.4 Å². The standard InChI is InChI=1S/C20H36N2O4/c1-5-25-18(24)22-10-8-21(9-11-22)13-16(23)14-26-17-12-15-6-7-20(17,4)19(15,2)3/h15-17,23H,5-14H2,1-4H3/t15-,16-,17+,20-/m1/s1. The summed E-state index contributed by atoms with van der Waals surface area (Å²) < 4.78 is 11.3. The predicted octanol–water partition coefficient (Wildman–Crippen LogP) is 2.35. The summed E-state index contributed by atoms with van der Waals surface area (Å²) >= 11 is 0. The van der Waals surface area contributed by atoms with E-state index in [2.05, 4.69) is 25.7 Å². The summed E-state index contributed by atoms with van der Waals surface area (Å²) in [5, 5.41) is 10.4. The number of nitrogens with zero attached hydrogens (tertiary/aromatic N) is 2. The van der Waals surface area contributed by atoms with Crippen molar-refractivity contribution in [3.05, 3.63) is 0 Å². The second-order valence-electron chi connectivity index (χ2n) is 9.07. The van der Waals surface area contributed by atoms with Crippen molar-refractivity contribution in [1.82, 2.24) is 9.80 Å². The number of piperazine rings is 1. The van der Waals surface area contributed by atoms with Gasteiger partial charge in [0.25, 0.3) is 0 Å². The lowest BCUT2D eigenvalue weighted by Crippen LogP contribution is -2.51. The second kappa shape index (κ2) is 7.64. The molecular formula is C20H36N2O4. The van der Waals surface area contributed by atoms with E-state index < -0.39 is 6.10 Å². The minimum atomic E-state index is -0.477. The van der Waals surface area contributed by atoms with Crippen LogP contribution < -0.4 is 0 Å². The average molecular weight is 369 g/mol. The monoisotopic (exact) mass is 368 g/mol. The Morgan fingerprint density at radius 1 is 1.23 bits per heavy atom. The number of carbonyl (C=O) groups excluding carboxylic acids is 1. The zero-order valence-electron chi connectivity index (χ0n) is 16.9. The molecule has 1 amide bonds. The number of aliphatic hydroxyl groups excluding tert-OH is 1. The van der Waals surface area contributed by atoms with E-state index in [0.717, 1.165) is 25.4 Å². The molecule has 0 aromatic carbocycles. The maximum atomic E-state index is 11.7. The highest BCUT2D eigenvalue weighted by molar-refractivity contribution is 5.67. The van der Waals surface area contributed by atoms with Gasteiger partial charge in [-0.25, -0.2) is 4.79 Å². The summed E-state index contributed by atoms with van der Waals surface area (Å²) in [6.45, 7) is 13.2. The van der Waals surface area contributed by atoms with Gasteiger partial charge >= 0.3 is 6.09 Å². The van der Waals surface area contributed by atoms with Gasteiger partial charge in [0.2, 0.25) is 0 Å². The van der Waals surface area contributed by atoms with Gasteiger partial charge in [0.1, 0.15) is 0 Å². The lowest BCUT2D eigenvalue weighted by molar-refractivity contribution is -0.0805. The van der Waals surface area contributed by atoms with Crippen LogP contribution in [0.4, 0.5) is 4.79 Å². The minimum absolute atomic E-state index is 0.233. The highest BCUT2D eigenvalue weighted by Crippen LogP contribution is 2.66. The number of ether oxygens (including phenoxy) is 2. The molecule has 3 aliphatic rings. The van der Waals surface area contributed by atoms with E-state index >= 15 is 0 Å². The van der Waals surface area contributed by atoms with E-state index in [1.165, 1.54) is 12.8 Å². The first-order valence-electron chi connectivity index (χ1n) is 10.2. The third-order valence-electron chi connectivity index (χ3n) is 7.57. The van der Waals surface area contributed by atoms with Gasteiger partial charge in [0.05, 0.1) is 25.4 Å². The molecule has 2 aliphatic carbocycles. The topological polar surface area (TPSA) is 62.2 Å². The van der Waals surface area contributed by atoms with Gasteiger partial charge in [0, 0.05) is 32.7 Å². The molecule has 1 N–H and O–H groups in total. The Kier molecular flexibility index (Phi) is 5.85. The molecule has 1 aliphatic heterocycles. The fourth-order valence-corrected chi connectivity index (χ4v) is 5.29. The summed E-state index contributed by atoms with van der Waals surface area (Å²) in [6.07, 6.45) is 3.25. The third kappa shape index (κ3) is 3.60. The van der Waals surface area contributed by atoms with E-state index in [0.29, 0.717) is 38.3 Å². The van der Waals surface area contributed by atoms with E-state index in [1.54, 1.807) is 4.90 Å². The molecule has 6 heteroatoms. The molecule has 0 spiro atoms. The smallest absolute Gasteiger partial charge is 0.409 e. The van der Waals surface area contributed by atoms with Crippen LogP contribution in [0.25, 0.3) is 0 Å². The quantitative estimate of drug-likeness (QED) is 0.780. The molecule has 2 bridgehead atoms. The van der Waals surface area contributed by atoms with Gasteiger partial charge in [-0.05, 0) is 42.9 Å². The third-order valence-corrected chi connectivity index (χ3v) is 7.57. The summed E-state index contributed by atoms with van der Waals surface area (Å²) in [5.74, 6) is 0.755. The van der Waals surface area contributed by atoms with Gasteiger partial charge < -0.3 is 19.5 Å². The molecule has 2 saturated carbocycles. The maximum Gasteiger partial charge on any atom is 0.409 e. The molecule has 6 nitrogen and oxygen atoms in total. The van der Waals surface area contributed by atoms with Crippen molar-refractivity contribution in [3.8, 4) is 0 Å². The van der Waals surface area contributed by atoms with Crippen LogP contribution in [0.1, 0.15) is 47.0 Å². The Bertz CT molecular complexity index is 504. The number of rotatable bonds is 6. The molecule has 0 radical (unpaired) electrons. The summed E-state index contributed by atoms with van der Waals surface area (Å²) in [5.41, 5.74) is 0.578. The Morgan fingerprint density at radius 3 is 2.46 bits per heavy atom. The number of aliphatic hydroxyl groups is 1. The van der Waals surface area contributed by atoms with Crippen molar-refractivity contribution in [2.45, 2.75) is 59.2 Å². The predicted molar refractivity (Wildman–Crippen MR) is 100 cm³/mol. The molecule has 0 aromatic heterocycles. The summed E-state index contributed by atoms with van der Waals surface area (Å²) in [7, 11) is 0. The Labute approximate surface area is 157 Å². The molecule has 1 heterocycles. The van der Waals surface area contributed by atoms with Gasteiger partial charge in [-0.15, -0.1) is 0 Å². The van der Waals surface area contributed by atoms with Crippen LogP contribution in [0.3, 0.4) is 0 Å². The first-order chi connectivity index (χ1) is 12.3. The van der Waals surface area contributed by atoms with Gasteiger partial charge in [0.15, 0.2) is 0 Å². The number of hydrogen-bond donors (Lipinski definition) is 1. The lowest BCUT2D eigenvalue weighted by atomic mass is 9.70. The van der Waals surface area contributed by atoms with Crippen LogP contribution in [0.2, 0.25) is 0 Å². The minimum Gasteiger partial charge on any atom is -0.450 e. The number of amides is 1. The van der Waals surface area contributed by atoms with E-state index in [4.69, 9.17) is 9.47 Å². The molecule has 1 saturated heterocycles. The Hall–Kier alpha value is -0.850. The molecule has 4 atom stereocenters. The Balaban J connectivity index is 1.39. The van der Waals surface area contributed by atoms with Crippen LogP contribution >= 0.6 is 0 Å². The zero-order valence-corrected chi connectivity index (χ0v) is 16.9. The first-order valence-corrected chi connectivity index (χ1v) is 10.2. The van der Waals surface area contributed by atoms with Gasteiger partial charge in [-0.2, -0.15) is 0 Å². The van der Waals surface area contributed by atoms with E-state index in [1.807, 2.05) is 6.92 Å². The van der Waals surface area contributed by atoms with E-state index in [9.17, 15) is 9.90 Å². The highest BCUT2D eigenvalue weighted by Gasteiger charge is 2.61. The van der Waals surface area contributed by atoms with Crippen LogP contribution in [-0.2, 0) is 9.47 Å². The van der Waals surface area contributed by atoms with Gasteiger partial charge in [-0.3, -0.25) is 4.90 Å². The van der Waals surface area contributed by atoms with Crippen LogP contribution in [0.5, 0.6) is 0 Å². The van der Waals surface area contributed by atoms with Crippen molar-refractivity contribution in [2.75, 3.05) is 45.9 Å². The molecular weight excluding hydrogens is 332 g/mol. The number of fused-ring (bicyclic) bond motifs is 2. The summed E-state index contributed by atoms with van der Waals surface area (Å²) in [4.78, 5) is 15.7. The van der Waals surface area contributed by atoms with Crippen molar-refractivity contribution in [3.63, 3.8) is 0 Å². The van der Waals surface area contributed by atoms with E-state index in [-0.39, 0.29) is 17.6 Å². The normalized spacial score (nSPS) is 34.9. The largest absolute Gasteiger partial charge is 0.450 e. The molecule has 3 rings (SSSR count). The molecule has 26 heavy (non-hydrogen) atoms. The van der Waals surface area contributed by atoms with Crippen LogP contribution in [0.15, 0.2) is 0 Å². The molecule has 0 aromatic rings.